The van der Waals surface area contributed by atoms with Gasteiger partial charge in [0.2, 0.25) is 0 Å². The quantitative estimate of drug-likeness (QED) is 0.891. The van der Waals surface area contributed by atoms with Gasteiger partial charge in [-0.3, -0.25) is 4.79 Å². The fourth-order valence-corrected chi connectivity index (χ4v) is 3.54. The summed E-state index contributed by atoms with van der Waals surface area (Å²) in [5.41, 5.74) is 0.422. The maximum absolute atomic E-state index is 11.9. The van der Waals surface area contributed by atoms with Crippen LogP contribution in [0.4, 0.5) is 0 Å². The SMILES string of the molecule is O=C(O)C1(C2(c3ccccc3)CC2)CCOCC1. The molecule has 96 valence electrons. The molecule has 1 N–H and O–H groups in total. The van der Waals surface area contributed by atoms with Crippen molar-refractivity contribution in [1.29, 1.82) is 0 Å². The zero-order valence-corrected chi connectivity index (χ0v) is 10.4. The molecule has 1 saturated carbocycles. The molecule has 1 aromatic carbocycles. The van der Waals surface area contributed by atoms with E-state index in [2.05, 4.69) is 12.1 Å². The van der Waals surface area contributed by atoms with Gasteiger partial charge >= 0.3 is 5.97 Å². The molecule has 1 saturated heterocycles. The van der Waals surface area contributed by atoms with Gasteiger partial charge in [0, 0.05) is 18.6 Å². The number of benzene rings is 1. The second-order valence-corrected chi connectivity index (χ2v) is 5.45. The molecule has 2 aliphatic rings. The van der Waals surface area contributed by atoms with E-state index < -0.39 is 11.4 Å². The van der Waals surface area contributed by atoms with Gasteiger partial charge in [-0.25, -0.2) is 0 Å². The van der Waals surface area contributed by atoms with Crippen molar-refractivity contribution in [3.8, 4) is 0 Å². The highest BCUT2D eigenvalue weighted by atomic mass is 16.5. The molecule has 0 bridgehead atoms. The van der Waals surface area contributed by atoms with Crippen LogP contribution in [0.1, 0.15) is 31.2 Å². The molecule has 1 aromatic rings. The van der Waals surface area contributed by atoms with Crippen LogP contribution in [0.15, 0.2) is 30.3 Å². The minimum Gasteiger partial charge on any atom is -0.481 e. The first kappa shape index (κ1) is 11.7. The van der Waals surface area contributed by atoms with Crippen LogP contribution in [0, 0.1) is 5.41 Å². The molecule has 0 radical (unpaired) electrons. The van der Waals surface area contributed by atoms with Gasteiger partial charge in [0.05, 0.1) is 5.41 Å². The monoisotopic (exact) mass is 246 g/mol. The molecule has 0 unspecified atom stereocenters. The molecule has 0 aromatic heterocycles. The van der Waals surface area contributed by atoms with Crippen LogP contribution in [-0.4, -0.2) is 24.3 Å². The maximum Gasteiger partial charge on any atom is 0.310 e. The standard InChI is InChI=1S/C15H18O3/c16-13(17)15(8-10-18-11-9-15)14(6-7-14)12-4-2-1-3-5-12/h1-5H,6-11H2,(H,16,17). The van der Waals surface area contributed by atoms with Crippen molar-refractivity contribution in [2.45, 2.75) is 31.1 Å². The number of hydrogen-bond donors (Lipinski definition) is 1. The Morgan fingerprint density at radius 1 is 1.06 bits per heavy atom. The van der Waals surface area contributed by atoms with E-state index in [9.17, 15) is 9.90 Å². The molecule has 3 rings (SSSR count). The lowest BCUT2D eigenvalue weighted by Crippen LogP contribution is -2.46. The minimum absolute atomic E-state index is 0.149. The lowest BCUT2D eigenvalue weighted by molar-refractivity contribution is -0.158. The first-order valence-electron chi connectivity index (χ1n) is 6.58. The fraction of sp³-hybridized carbons (Fsp3) is 0.533. The summed E-state index contributed by atoms with van der Waals surface area (Å²) < 4.78 is 5.37. The minimum atomic E-state index is -0.646. The van der Waals surface area contributed by atoms with E-state index in [4.69, 9.17) is 4.74 Å². The maximum atomic E-state index is 11.9. The van der Waals surface area contributed by atoms with E-state index in [0.29, 0.717) is 26.1 Å². The van der Waals surface area contributed by atoms with Crippen LogP contribution < -0.4 is 0 Å². The smallest absolute Gasteiger partial charge is 0.310 e. The molecule has 1 heterocycles. The summed E-state index contributed by atoms with van der Waals surface area (Å²) in [4.78, 5) is 11.9. The Labute approximate surface area is 107 Å². The van der Waals surface area contributed by atoms with Crippen molar-refractivity contribution in [1.82, 2.24) is 0 Å². The van der Waals surface area contributed by atoms with E-state index in [1.54, 1.807) is 0 Å². The second-order valence-electron chi connectivity index (χ2n) is 5.45. The van der Waals surface area contributed by atoms with Crippen molar-refractivity contribution in [3.05, 3.63) is 35.9 Å². The first-order valence-corrected chi connectivity index (χ1v) is 6.58. The lowest BCUT2D eigenvalue weighted by atomic mass is 9.64. The molecule has 1 aliphatic heterocycles. The predicted octanol–water partition coefficient (Wildman–Crippen LogP) is 2.60. The molecule has 0 atom stereocenters. The zero-order chi connectivity index (χ0) is 12.6. The van der Waals surface area contributed by atoms with Gasteiger partial charge in [-0.05, 0) is 31.2 Å². The van der Waals surface area contributed by atoms with E-state index in [1.807, 2.05) is 18.2 Å². The highest BCUT2D eigenvalue weighted by molar-refractivity contribution is 5.78. The summed E-state index contributed by atoms with van der Waals surface area (Å²) in [6.07, 6.45) is 3.25. The van der Waals surface area contributed by atoms with Gasteiger partial charge in [0.1, 0.15) is 0 Å². The number of rotatable bonds is 3. The number of carboxylic acid groups (broad SMARTS) is 1. The Balaban J connectivity index is 2.03. The third kappa shape index (κ3) is 1.50. The normalized spacial score (nSPS) is 24.4. The van der Waals surface area contributed by atoms with Crippen molar-refractivity contribution < 1.29 is 14.6 Å². The zero-order valence-electron chi connectivity index (χ0n) is 10.4. The molecule has 18 heavy (non-hydrogen) atoms. The second kappa shape index (κ2) is 4.09. The fourth-order valence-electron chi connectivity index (χ4n) is 3.54. The summed E-state index contributed by atoms with van der Waals surface area (Å²) in [6.45, 7) is 1.14. The van der Waals surface area contributed by atoms with Crippen LogP contribution in [0.3, 0.4) is 0 Å². The molecule has 3 heteroatoms. The Kier molecular flexibility index (Phi) is 2.67. The third-order valence-electron chi connectivity index (χ3n) is 4.75. The molecule has 0 spiro atoms. The van der Waals surface area contributed by atoms with Crippen molar-refractivity contribution >= 4 is 5.97 Å². The molecule has 0 amide bonds. The lowest BCUT2D eigenvalue weighted by Gasteiger charge is -2.41. The average molecular weight is 246 g/mol. The number of carbonyl (C=O) groups is 1. The topological polar surface area (TPSA) is 46.5 Å². The summed E-state index contributed by atoms with van der Waals surface area (Å²) in [7, 11) is 0. The highest BCUT2D eigenvalue weighted by Gasteiger charge is 2.64. The van der Waals surface area contributed by atoms with E-state index in [-0.39, 0.29) is 5.41 Å². The average Bonchev–Trinajstić information content (AvgIpc) is 3.22. The molecular weight excluding hydrogens is 228 g/mol. The van der Waals surface area contributed by atoms with Gasteiger partial charge in [0.25, 0.3) is 0 Å². The number of aliphatic carboxylic acids is 1. The van der Waals surface area contributed by atoms with Gasteiger partial charge in [-0.2, -0.15) is 0 Å². The first-order chi connectivity index (χ1) is 8.71. The molecular formula is C15H18O3. The summed E-state index contributed by atoms with van der Waals surface area (Å²) >= 11 is 0. The van der Waals surface area contributed by atoms with Crippen molar-refractivity contribution in [2.24, 2.45) is 5.41 Å². The third-order valence-corrected chi connectivity index (χ3v) is 4.75. The number of ether oxygens (including phenoxy) is 1. The molecule has 2 fully saturated rings. The van der Waals surface area contributed by atoms with E-state index in [0.717, 1.165) is 12.8 Å². The van der Waals surface area contributed by atoms with Gasteiger partial charge in [-0.15, -0.1) is 0 Å². The summed E-state index contributed by atoms with van der Waals surface area (Å²) in [5, 5.41) is 9.77. The Hall–Kier alpha value is -1.35. The largest absolute Gasteiger partial charge is 0.481 e. The Bertz CT molecular complexity index is 442. The van der Waals surface area contributed by atoms with Crippen molar-refractivity contribution in [3.63, 3.8) is 0 Å². The van der Waals surface area contributed by atoms with E-state index >= 15 is 0 Å². The molecule has 3 nitrogen and oxygen atoms in total. The summed E-state index contributed by atoms with van der Waals surface area (Å²) in [5.74, 6) is -0.646. The molecule has 1 aliphatic carbocycles. The van der Waals surface area contributed by atoms with Crippen LogP contribution in [-0.2, 0) is 14.9 Å². The predicted molar refractivity (Wildman–Crippen MR) is 67.5 cm³/mol. The highest BCUT2D eigenvalue weighted by Crippen LogP contribution is 2.63. The van der Waals surface area contributed by atoms with Crippen LogP contribution in [0.25, 0.3) is 0 Å². The van der Waals surface area contributed by atoms with Crippen LogP contribution in [0.5, 0.6) is 0 Å². The van der Waals surface area contributed by atoms with Crippen LogP contribution >= 0.6 is 0 Å². The van der Waals surface area contributed by atoms with Gasteiger partial charge < -0.3 is 9.84 Å². The Morgan fingerprint density at radius 3 is 2.17 bits per heavy atom. The van der Waals surface area contributed by atoms with Gasteiger partial charge in [-0.1, -0.05) is 30.3 Å². The van der Waals surface area contributed by atoms with Gasteiger partial charge in [0.15, 0.2) is 0 Å². The number of hydrogen-bond acceptors (Lipinski definition) is 2. The van der Waals surface area contributed by atoms with Crippen molar-refractivity contribution in [2.75, 3.05) is 13.2 Å². The van der Waals surface area contributed by atoms with E-state index in [1.165, 1.54) is 5.56 Å². The Morgan fingerprint density at radius 2 is 1.67 bits per heavy atom. The van der Waals surface area contributed by atoms with Crippen LogP contribution in [0.2, 0.25) is 0 Å². The number of carboxylic acids is 1. The summed E-state index contributed by atoms with van der Waals surface area (Å²) in [6, 6.07) is 10.1.